The minimum absolute atomic E-state index is 0.429. The van der Waals surface area contributed by atoms with E-state index >= 15 is 0 Å². The van der Waals surface area contributed by atoms with Gasteiger partial charge in [0.05, 0.1) is 0 Å². The summed E-state index contributed by atoms with van der Waals surface area (Å²) in [5.41, 5.74) is 6.06. The molecule has 4 aromatic rings. The lowest BCUT2D eigenvalue weighted by Crippen LogP contribution is -2.25. The molecule has 0 saturated carbocycles. The molecule has 36 heavy (non-hydrogen) atoms. The van der Waals surface area contributed by atoms with Gasteiger partial charge < -0.3 is 0 Å². The quantitative estimate of drug-likeness (QED) is 0.183. The van der Waals surface area contributed by atoms with E-state index in [9.17, 15) is 0 Å². The highest BCUT2D eigenvalue weighted by Crippen LogP contribution is 2.43. The van der Waals surface area contributed by atoms with Gasteiger partial charge in [-0.25, -0.2) is 0 Å². The highest BCUT2D eigenvalue weighted by Gasteiger charge is 2.24. The maximum atomic E-state index is 2.42. The van der Waals surface area contributed by atoms with Crippen LogP contribution in [0.5, 0.6) is 0 Å². The van der Waals surface area contributed by atoms with Gasteiger partial charge in [0.25, 0.3) is 0 Å². The van der Waals surface area contributed by atoms with E-state index in [4.69, 9.17) is 0 Å². The van der Waals surface area contributed by atoms with E-state index in [2.05, 4.69) is 125 Å². The summed E-state index contributed by atoms with van der Waals surface area (Å²) in [4.78, 5) is 0. The zero-order chi connectivity index (χ0) is 25.3. The molecule has 0 amide bonds. The van der Waals surface area contributed by atoms with E-state index in [1.54, 1.807) is 21.2 Å². The molecular weight excluding hydrogens is 470 g/mol. The van der Waals surface area contributed by atoms with Crippen LogP contribution in [0, 0.1) is 0 Å². The Labute approximate surface area is 221 Å². The Morgan fingerprint density at radius 3 is 0.806 bits per heavy atom. The average molecular weight is 511 g/mol. The molecule has 0 nitrogen and oxygen atoms in total. The molecule has 0 aliphatic heterocycles. The fraction of sp³-hybridized carbons (Fsp3) is 0.294. The zero-order valence-electron chi connectivity index (χ0n) is 22.4. The van der Waals surface area contributed by atoms with Crippen LogP contribution in [0.25, 0.3) is 0 Å². The van der Waals surface area contributed by atoms with Crippen LogP contribution in [0.3, 0.4) is 0 Å². The van der Waals surface area contributed by atoms with Gasteiger partial charge in [0.15, 0.2) is 0 Å². The maximum Gasteiger partial charge on any atom is -0.0163 e. The Hall–Kier alpha value is -2.26. The Kier molecular flexibility index (Phi) is 9.92. The molecule has 0 aromatic heterocycles. The largest absolute Gasteiger partial charge is 0.0619 e. The van der Waals surface area contributed by atoms with Gasteiger partial charge in [-0.3, -0.25) is 0 Å². The van der Waals surface area contributed by atoms with Gasteiger partial charge in [0.2, 0.25) is 0 Å². The first-order valence-corrected chi connectivity index (χ1v) is 16.6. The Morgan fingerprint density at radius 1 is 0.361 bits per heavy atom. The van der Waals surface area contributed by atoms with Crippen LogP contribution in [-0.4, -0.2) is 12.3 Å². The van der Waals surface area contributed by atoms with Crippen molar-refractivity contribution in [2.45, 2.75) is 53.4 Å². The summed E-state index contributed by atoms with van der Waals surface area (Å²) in [6, 6.07) is 36.9. The van der Waals surface area contributed by atoms with Crippen LogP contribution in [0.4, 0.5) is 0 Å². The molecular formula is C34H40P2. The molecule has 0 spiro atoms. The minimum atomic E-state index is -0.429. The minimum Gasteiger partial charge on any atom is -0.0619 e. The van der Waals surface area contributed by atoms with Crippen LogP contribution < -0.4 is 21.2 Å². The smallest absolute Gasteiger partial charge is 0.0163 e. The van der Waals surface area contributed by atoms with E-state index in [1.165, 1.54) is 34.6 Å². The molecule has 0 unspecified atom stereocenters. The molecule has 186 valence electrons. The van der Waals surface area contributed by atoms with Crippen LogP contribution in [0.2, 0.25) is 0 Å². The van der Waals surface area contributed by atoms with Crippen molar-refractivity contribution in [2.24, 2.45) is 0 Å². The third-order valence-electron chi connectivity index (χ3n) is 7.20. The molecule has 0 fully saturated rings. The van der Waals surface area contributed by atoms with Gasteiger partial charge >= 0.3 is 0 Å². The second-order valence-electron chi connectivity index (χ2n) is 9.23. The van der Waals surface area contributed by atoms with Gasteiger partial charge in [-0.1, -0.05) is 125 Å². The Balaban J connectivity index is 1.81. The van der Waals surface area contributed by atoms with Crippen LogP contribution in [0.15, 0.2) is 97.1 Å². The van der Waals surface area contributed by atoms with Gasteiger partial charge in [-0.15, -0.1) is 0 Å². The molecule has 0 radical (unpaired) electrons. The van der Waals surface area contributed by atoms with Crippen molar-refractivity contribution in [2.75, 3.05) is 12.3 Å². The predicted molar refractivity (Wildman–Crippen MR) is 165 cm³/mol. The predicted octanol–water partition coefficient (Wildman–Crippen LogP) is 7.50. The summed E-state index contributed by atoms with van der Waals surface area (Å²) in [6.07, 6.45) is 6.83. The van der Waals surface area contributed by atoms with Crippen molar-refractivity contribution < 1.29 is 0 Å². The third-order valence-corrected chi connectivity index (χ3v) is 13.0. The molecule has 0 saturated heterocycles. The maximum absolute atomic E-state index is 2.42. The van der Waals surface area contributed by atoms with Crippen molar-refractivity contribution in [3.8, 4) is 0 Å². The van der Waals surface area contributed by atoms with Crippen LogP contribution in [0.1, 0.15) is 49.9 Å². The molecule has 0 aliphatic rings. The molecule has 0 bridgehead atoms. The lowest BCUT2D eigenvalue weighted by Gasteiger charge is -2.28. The molecule has 0 N–H and O–H groups in total. The standard InChI is InChI=1S/C34H40P2/c1-5-27-17-9-13-21-31(27)35(32-22-14-10-18-28(32)6-2)25-26-36(33-23-15-11-19-29(33)7-3)34-24-16-12-20-30(34)8-4/h9-24H,5-8,25-26H2,1-4H3. The number of hydrogen-bond acceptors (Lipinski definition) is 0. The van der Waals surface area contributed by atoms with E-state index in [0.29, 0.717) is 0 Å². The summed E-state index contributed by atoms with van der Waals surface area (Å²) < 4.78 is 0. The first-order chi connectivity index (χ1) is 17.7. The normalized spacial score (nSPS) is 11.4. The lowest BCUT2D eigenvalue weighted by atomic mass is 10.2. The molecule has 0 heterocycles. The average Bonchev–Trinajstić information content (AvgIpc) is 2.95. The zero-order valence-corrected chi connectivity index (χ0v) is 24.2. The fourth-order valence-corrected chi connectivity index (χ4v) is 11.7. The van der Waals surface area contributed by atoms with Crippen molar-refractivity contribution in [3.63, 3.8) is 0 Å². The van der Waals surface area contributed by atoms with E-state index in [-0.39, 0.29) is 0 Å². The molecule has 4 rings (SSSR count). The van der Waals surface area contributed by atoms with Crippen molar-refractivity contribution >= 4 is 37.1 Å². The number of rotatable bonds is 11. The van der Waals surface area contributed by atoms with Gasteiger partial charge in [0, 0.05) is 0 Å². The van der Waals surface area contributed by atoms with Gasteiger partial charge in [-0.2, -0.15) is 0 Å². The number of hydrogen-bond donors (Lipinski definition) is 0. The first kappa shape index (κ1) is 26.8. The highest BCUT2D eigenvalue weighted by atomic mass is 31.1. The fourth-order valence-electron chi connectivity index (χ4n) is 5.23. The number of aryl methyl sites for hydroxylation is 4. The Morgan fingerprint density at radius 2 is 0.583 bits per heavy atom. The summed E-state index contributed by atoms with van der Waals surface area (Å²) in [7, 11) is -0.858. The number of benzene rings is 4. The monoisotopic (exact) mass is 510 g/mol. The molecule has 0 aliphatic carbocycles. The van der Waals surface area contributed by atoms with Gasteiger partial charge in [0.1, 0.15) is 0 Å². The van der Waals surface area contributed by atoms with Crippen molar-refractivity contribution in [3.05, 3.63) is 119 Å². The molecule has 4 aromatic carbocycles. The first-order valence-electron chi connectivity index (χ1n) is 13.6. The second-order valence-corrected chi connectivity index (χ2v) is 13.8. The van der Waals surface area contributed by atoms with Crippen LogP contribution >= 0.6 is 15.8 Å². The van der Waals surface area contributed by atoms with Crippen LogP contribution in [-0.2, 0) is 25.7 Å². The molecule has 0 atom stereocenters. The topological polar surface area (TPSA) is 0 Å². The highest BCUT2D eigenvalue weighted by molar-refractivity contribution is 7.76. The van der Waals surface area contributed by atoms with E-state index < -0.39 is 15.8 Å². The summed E-state index contributed by atoms with van der Waals surface area (Å²) in [5.74, 6) is 0. The second kappa shape index (κ2) is 13.3. The SMILES string of the molecule is CCc1ccccc1P(CCP(c1ccccc1CC)c1ccccc1CC)c1ccccc1CC. The third kappa shape index (κ3) is 5.99. The summed E-state index contributed by atoms with van der Waals surface area (Å²) in [6.45, 7) is 9.22. The summed E-state index contributed by atoms with van der Waals surface area (Å²) >= 11 is 0. The van der Waals surface area contributed by atoms with E-state index in [0.717, 1.165) is 25.7 Å². The van der Waals surface area contributed by atoms with Crippen molar-refractivity contribution in [1.29, 1.82) is 0 Å². The summed E-state index contributed by atoms with van der Waals surface area (Å²) in [5, 5.41) is 6.33. The van der Waals surface area contributed by atoms with Gasteiger partial charge in [-0.05, 0) is 97.3 Å². The Bertz CT molecular complexity index is 1070. The van der Waals surface area contributed by atoms with E-state index in [1.807, 2.05) is 0 Å². The van der Waals surface area contributed by atoms with Crippen molar-refractivity contribution in [1.82, 2.24) is 0 Å². The lowest BCUT2D eigenvalue weighted by molar-refractivity contribution is 1.15. The molecule has 2 heteroatoms.